The van der Waals surface area contributed by atoms with Gasteiger partial charge >= 0.3 is 0 Å². The lowest BCUT2D eigenvalue weighted by atomic mass is 10.1. The van der Waals surface area contributed by atoms with Gasteiger partial charge in [-0.15, -0.1) is 0 Å². The summed E-state index contributed by atoms with van der Waals surface area (Å²) in [7, 11) is 1.58. The normalized spacial score (nSPS) is 15.0. The van der Waals surface area contributed by atoms with Crippen LogP contribution in [0.1, 0.15) is 19.3 Å². The van der Waals surface area contributed by atoms with Gasteiger partial charge in [0.15, 0.2) is 5.82 Å². The number of ether oxygens (including phenoxy) is 1. The maximum Gasteiger partial charge on any atom is 0.230 e. The Hall–Kier alpha value is -1.95. The van der Waals surface area contributed by atoms with Crippen molar-refractivity contribution in [2.24, 2.45) is 0 Å². The largest absolute Gasteiger partial charge is 0.481 e. The molecule has 110 valence electrons. The summed E-state index contributed by atoms with van der Waals surface area (Å²) in [5.74, 6) is 1.72. The van der Waals surface area contributed by atoms with Crippen LogP contribution in [0.5, 0.6) is 5.88 Å². The van der Waals surface area contributed by atoms with Crippen LogP contribution >= 0.6 is 11.6 Å². The number of halogens is 1. The van der Waals surface area contributed by atoms with E-state index in [1.165, 1.54) is 6.42 Å². The molecule has 0 N–H and O–H groups in total. The first kappa shape index (κ1) is 14.0. The Morgan fingerprint density at radius 3 is 2.57 bits per heavy atom. The van der Waals surface area contributed by atoms with Crippen molar-refractivity contribution < 1.29 is 4.74 Å². The van der Waals surface area contributed by atoms with Gasteiger partial charge in [0.25, 0.3) is 0 Å². The van der Waals surface area contributed by atoms with Crippen LogP contribution < -0.4 is 9.64 Å². The molecule has 2 aromatic heterocycles. The lowest BCUT2D eigenvalue weighted by Crippen LogP contribution is -2.31. The van der Waals surface area contributed by atoms with Gasteiger partial charge in [-0.2, -0.15) is 15.0 Å². The van der Waals surface area contributed by atoms with E-state index in [0.29, 0.717) is 17.7 Å². The number of rotatable bonds is 3. The standard InChI is InChI=1S/C14H16ClN5O/c1-21-11-6-5-10(9-16-11)12-17-13(15)19-14(18-12)20-7-3-2-4-8-20/h5-6,9H,2-4,7-8H2,1H3. The van der Waals surface area contributed by atoms with E-state index in [2.05, 4.69) is 24.8 Å². The fourth-order valence-corrected chi connectivity index (χ4v) is 2.49. The molecule has 0 spiro atoms. The van der Waals surface area contributed by atoms with Gasteiger partial charge in [-0.3, -0.25) is 0 Å². The number of nitrogens with zero attached hydrogens (tertiary/aromatic N) is 5. The molecule has 0 aliphatic carbocycles. The first-order valence-corrected chi connectivity index (χ1v) is 7.31. The second-order valence-electron chi connectivity index (χ2n) is 4.86. The van der Waals surface area contributed by atoms with Crippen molar-refractivity contribution in [2.75, 3.05) is 25.1 Å². The molecule has 1 fully saturated rings. The van der Waals surface area contributed by atoms with Crippen LogP contribution in [-0.2, 0) is 0 Å². The number of pyridine rings is 1. The highest BCUT2D eigenvalue weighted by molar-refractivity contribution is 6.28. The van der Waals surface area contributed by atoms with E-state index in [4.69, 9.17) is 16.3 Å². The van der Waals surface area contributed by atoms with Gasteiger partial charge in [0, 0.05) is 30.9 Å². The average Bonchev–Trinajstić information content (AvgIpc) is 2.55. The molecule has 0 amide bonds. The zero-order chi connectivity index (χ0) is 14.7. The van der Waals surface area contributed by atoms with Crippen LogP contribution in [0.2, 0.25) is 5.28 Å². The maximum atomic E-state index is 6.04. The Kier molecular flexibility index (Phi) is 4.15. The minimum absolute atomic E-state index is 0.205. The quantitative estimate of drug-likeness (QED) is 0.868. The minimum atomic E-state index is 0.205. The van der Waals surface area contributed by atoms with Gasteiger partial charge in [0.2, 0.25) is 17.1 Å². The third-order valence-electron chi connectivity index (χ3n) is 3.44. The lowest BCUT2D eigenvalue weighted by Gasteiger charge is -2.26. The molecular weight excluding hydrogens is 290 g/mol. The maximum absolute atomic E-state index is 6.04. The SMILES string of the molecule is COc1ccc(-c2nc(Cl)nc(N3CCCCC3)n2)cn1. The number of hydrogen-bond acceptors (Lipinski definition) is 6. The Morgan fingerprint density at radius 2 is 1.90 bits per heavy atom. The van der Waals surface area contributed by atoms with Crippen molar-refractivity contribution in [3.63, 3.8) is 0 Å². The summed E-state index contributed by atoms with van der Waals surface area (Å²) in [6.07, 6.45) is 5.24. The van der Waals surface area contributed by atoms with Crippen LogP contribution in [0.25, 0.3) is 11.4 Å². The first-order valence-electron chi connectivity index (χ1n) is 6.93. The molecule has 0 unspecified atom stereocenters. The summed E-state index contributed by atoms with van der Waals surface area (Å²) in [6.45, 7) is 1.92. The predicted octanol–water partition coefficient (Wildman–Crippen LogP) is 2.59. The molecule has 0 radical (unpaired) electrons. The average molecular weight is 306 g/mol. The summed E-state index contributed by atoms with van der Waals surface area (Å²) in [5, 5.41) is 0.205. The van der Waals surface area contributed by atoms with Crippen molar-refractivity contribution in [1.82, 2.24) is 19.9 Å². The second kappa shape index (κ2) is 6.22. The highest BCUT2D eigenvalue weighted by Crippen LogP contribution is 2.22. The monoisotopic (exact) mass is 305 g/mol. The molecule has 1 aliphatic rings. The molecule has 3 rings (SSSR count). The Labute approximate surface area is 128 Å². The fourth-order valence-electron chi connectivity index (χ4n) is 2.34. The minimum Gasteiger partial charge on any atom is -0.481 e. The molecule has 6 nitrogen and oxygen atoms in total. The summed E-state index contributed by atoms with van der Waals surface area (Å²) in [6, 6.07) is 3.63. The van der Waals surface area contributed by atoms with Crippen LogP contribution in [0.4, 0.5) is 5.95 Å². The van der Waals surface area contributed by atoms with Gasteiger partial charge in [-0.25, -0.2) is 4.98 Å². The summed E-state index contributed by atoms with van der Waals surface area (Å²) < 4.78 is 5.05. The van der Waals surface area contributed by atoms with Crippen LogP contribution in [-0.4, -0.2) is 40.1 Å². The molecule has 21 heavy (non-hydrogen) atoms. The predicted molar refractivity (Wildman–Crippen MR) is 80.7 cm³/mol. The second-order valence-corrected chi connectivity index (χ2v) is 5.20. The zero-order valence-electron chi connectivity index (χ0n) is 11.8. The van der Waals surface area contributed by atoms with Crippen LogP contribution in [0, 0.1) is 0 Å². The molecule has 0 saturated carbocycles. The molecule has 0 aromatic carbocycles. The molecule has 0 bridgehead atoms. The van der Waals surface area contributed by atoms with Crippen molar-refractivity contribution >= 4 is 17.5 Å². The Balaban J connectivity index is 1.92. The van der Waals surface area contributed by atoms with E-state index in [0.717, 1.165) is 31.5 Å². The number of aromatic nitrogens is 4. The first-order chi connectivity index (χ1) is 10.3. The Morgan fingerprint density at radius 1 is 1.10 bits per heavy atom. The van der Waals surface area contributed by atoms with E-state index in [1.54, 1.807) is 19.4 Å². The third-order valence-corrected chi connectivity index (χ3v) is 3.61. The van der Waals surface area contributed by atoms with Crippen molar-refractivity contribution in [1.29, 1.82) is 0 Å². The van der Waals surface area contributed by atoms with Crippen LogP contribution in [0.15, 0.2) is 18.3 Å². The van der Waals surface area contributed by atoms with Crippen molar-refractivity contribution in [2.45, 2.75) is 19.3 Å². The zero-order valence-corrected chi connectivity index (χ0v) is 12.5. The molecule has 7 heteroatoms. The highest BCUT2D eigenvalue weighted by atomic mass is 35.5. The third kappa shape index (κ3) is 3.21. The molecule has 1 aliphatic heterocycles. The number of anilines is 1. The van der Waals surface area contributed by atoms with Gasteiger partial charge in [-0.05, 0) is 36.9 Å². The van der Waals surface area contributed by atoms with E-state index >= 15 is 0 Å². The summed E-state index contributed by atoms with van der Waals surface area (Å²) >= 11 is 6.04. The van der Waals surface area contributed by atoms with E-state index in [9.17, 15) is 0 Å². The van der Waals surface area contributed by atoms with Crippen molar-refractivity contribution in [3.8, 4) is 17.3 Å². The van der Waals surface area contributed by atoms with E-state index in [1.807, 2.05) is 6.07 Å². The number of methoxy groups -OCH3 is 1. The van der Waals surface area contributed by atoms with E-state index in [-0.39, 0.29) is 5.28 Å². The highest BCUT2D eigenvalue weighted by Gasteiger charge is 2.16. The molecule has 1 saturated heterocycles. The Bertz CT molecular complexity index is 613. The molecule has 2 aromatic rings. The van der Waals surface area contributed by atoms with Crippen molar-refractivity contribution in [3.05, 3.63) is 23.6 Å². The molecule has 3 heterocycles. The van der Waals surface area contributed by atoms with Gasteiger partial charge in [0.1, 0.15) is 0 Å². The van der Waals surface area contributed by atoms with Gasteiger partial charge in [-0.1, -0.05) is 0 Å². The summed E-state index contributed by atoms with van der Waals surface area (Å²) in [4.78, 5) is 19.3. The summed E-state index contributed by atoms with van der Waals surface area (Å²) in [5.41, 5.74) is 0.790. The van der Waals surface area contributed by atoms with E-state index < -0.39 is 0 Å². The molecular formula is C14H16ClN5O. The smallest absolute Gasteiger partial charge is 0.230 e. The number of hydrogen-bond donors (Lipinski definition) is 0. The number of piperidine rings is 1. The van der Waals surface area contributed by atoms with Gasteiger partial charge < -0.3 is 9.64 Å². The van der Waals surface area contributed by atoms with Gasteiger partial charge in [0.05, 0.1) is 7.11 Å². The topological polar surface area (TPSA) is 64.0 Å². The fraction of sp³-hybridized carbons (Fsp3) is 0.429. The molecule has 0 atom stereocenters. The lowest BCUT2D eigenvalue weighted by molar-refractivity contribution is 0.398. The van der Waals surface area contributed by atoms with Crippen LogP contribution in [0.3, 0.4) is 0 Å².